The van der Waals surface area contributed by atoms with E-state index in [-0.39, 0.29) is 0 Å². The van der Waals surface area contributed by atoms with E-state index in [0.29, 0.717) is 57.7 Å². The summed E-state index contributed by atoms with van der Waals surface area (Å²) >= 11 is 0. The van der Waals surface area contributed by atoms with E-state index >= 15 is 0 Å². The first-order chi connectivity index (χ1) is 15.6. The standard InChI is InChI=1S/C18H42O6S4Si4/c1-7-19-31(20-8-2,21-9-3)29-17-13-15-25-27-28-26-16-14-18-30-32(22-10-4,23-11-5)24-12-6/h7-18H2,1-6H3. The van der Waals surface area contributed by atoms with Crippen molar-refractivity contribution in [1.82, 2.24) is 0 Å². The van der Waals surface area contributed by atoms with Crippen molar-refractivity contribution in [1.29, 1.82) is 0 Å². The highest BCUT2D eigenvalue weighted by molar-refractivity contribution is 9.26. The van der Waals surface area contributed by atoms with E-state index in [4.69, 9.17) is 26.6 Å². The summed E-state index contributed by atoms with van der Waals surface area (Å²) in [5.41, 5.74) is 0. The second-order valence-electron chi connectivity index (χ2n) is 6.05. The first-order valence-corrected chi connectivity index (χ1v) is 24.5. The quantitative estimate of drug-likeness (QED) is 0.0738. The summed E-state index contributed by atoms with van der Waals surface area (Å²) in [6.45, 7) is 16.0. The van der Waals surface area contributed by atoms with Crippen molar-refractivity contribution in [2.45, 2.75) is 66.5 Å². The average molecular weight is 595 g/mol. The van der Waals surface area contributed by atoms with E-state index in [2.05, 4.69) is 0 Å². The van der Waals surface area contributed by atoms with Crippen LogP contribution >= 0.6 is 41.2 Å². The SMILES string of the molecule is CCO[Si](OCC)(OCC)[Si]CCCSSSSCCC[Si][Si](OCC)(OCC)OCC. The third-order valence-electron chi connectivity index (χ3n) is 3.62. The summed E-state index contributed by atoms with van der Waals surface area (Å²) in [5, 5.41) is 0. The Morgan fingerprint density at radius 2 is 0.781 bits per heavy atom. The molecule has 0 aliphatic carbocycles. The van der Waals surface area contributed by atoms with E-state index < -0.39 is 16.6 Å². The first kappa shape index (κ1) is 34.0. The fourth-order valence-corrected chi connectivity index (χ4v) is 21.2. The van der Waals surface area contributed by atoms with Gasteiger partial charge in [-0.2, -0.15) is 0 Å². The van der Waals surface area contributed by atoms with E-state index in [1.807, 2.05) is 82.8 Å². The molecule has 0 aliphatic rings. The van der Waals surface area contributed by atoms with Gasteiger partial charge in [0.1, 0.15) is 18.1 Å². The van der Waals surface area contributed by atoms with Crippen molar-refractivity contribution < 1.29 is 26.6 Å². The van der Waals surface area contributed by atoms with Crippen LogP contribution in [0.25, 0.3) is 0 Å². The molecule has 4 radical (unpaired) electrons. The van der Waals surface area contributed by atoms with Crippen molar-refractivity contribution in [3.8, 4) is 0 Å². The minimum Gasteiger partial charge on any atom is -0.377 e. The molecule has 0 spiro atoms. The third-order valence-corrected chi connectivity index (χ3v) is 23.0. The van der Waals surface area contributed by atoms with Gasteiger partial charge in [-0.1, -0.05) is 33.7 Å². The summed E-state index contributed by atoms with van der Waals surface area (Å²) in [7, 11) is 4.02. The molecule has 0 saturated heterocycles. The maximum Gasteiger partial charge on any atom is 0.464 e. The molecule has 6 nitrogen and oxygen atoms in total. The topological polar surface area (TPSA) is 55.4 Å². The van der Waals surface area contributed by atoms with Crippen LogP contribution in [-0.2, 0) is 26.6 Å². The summed E-state index contributed by atoms with van der Waals surface area (Å²) in [4.78, 5) is 0. The number of hydrogen-bond donors (Lipinski definition) is 0. The van der Waals surface area contributed by atoms with Crippen LogP contribution in [0.4, 0.5) is 0 Å². The largest absolute Gasteiger partial charge is 0.464 e. The van der Waals surface area contributed by atoms with Crippen molar-refractivity contribution in [3.05, 3.63) is 0 Å². The van der Waals surface area contributed by atoms with Gasteiger partial charge in [0.2, 0.25) is 0 Å². The zero-order valence-corrected chi connectivity index (χ0v) is 27.8. The smallest absolute Gasteiger partial charge is 0.377 e. The zero-order valence-electron chi connectivity index (χ0n) is 20.6. The van der Waals surface area contributed by atoms with Crippen LogP contribution in [-0.4, -0.2) is 85.9 Å². The summed E-state index contributed by atoms with van der Waals surface area (Å²) in [6, 6.07) is 2.23. The van der Waals surface area contributed by atoms with E-state index in [1.165, 1.54) is 12.8 Å². The number of hydrogen-bond acceptors (Lipinski definition) is 10. The van der Waals surface area contributed by atoms with Crippen molar-refractivity contribution in [2.24, 2.45) is 0 Å². The van der Waals surface area contributed by atoms with Gasteiger partial charge in [0.25, 0.3) is 0 Å². The molecule has 0 aromatic rings. The summed E-state index contributed by atoms with van der Waals surface area (Å²) in [6.07, 6.45) is 2.34. The Labute approximate surface area is 219 Å². The van der Waals surface area contributed by atoms with Gasteiger partial charge in [0.05, 0.1) is 0 Å². The minimum atomic E-state index is -2.44. The molecule has 0 saturated carbocycles. The molecule has 0 atom stereocenters. The lowest BCUT2D eigenvalue weighted by Gasteiger charge is -2.28. The van der Waals surface area contributed by atoms with Crippen LogP contribution in [0.15, 0.2) is 0 Å². The van der Waals surface area contributed by atoms with Crippen LogP contribution in [0.2, 0.25) is 12.1 Å². The Kier molecular flexibility index (Phi) is 24.9. The lowest BCUT2D eigenvalue weighted by Crippen LogP contribution is -2.52. The van der Waals surface area contributed by atoms with Gasteiger partial charge >= 0.3 is 16.6 Å². The molecule has 0 aromatic heterocycles. The minimum absolute atomic E-state index is 0.631. The average Bonchev–Trinajstić information content (AvgIpc) is 2.76. The number of rotatable bonds is 25. The highest BCUT2D eigenvalue weighted by Crippen LogP contribution is 2.43. The summed E-state index contributed by atoms with van der Waals surface area (Å²) in [5.74, 6) is 2.29. The van der Waals surface area contributed by atoms with Crippen molar-refractivity contribution in [2.75, 3.05) is 51.1 Å². The van der Waals surface area contributed by atoms with Crippen LogP contribution < -0.4 is 0 Å². The molecule has 190 valence electrons. The molecule has 0 rings (SSSR count). The highest BCUT2D eigenvalue weighted by atomic mass is 33.7. The lowest BCUT2D eigenvalue weighted by atomic mass is 10.6. The fourth-order valence-electron chi connectivity index (χ4n) is 2.55. The van der Waals surface area contributed by atoms with Crippen LogP contribution in [0, 0.1) is 0 Å². The highest BCUT2D eigenvalue weighted by Gasteiger charge is 2.40. The normalized spacial score (nSPS) is 12.6. The molecule has 0 bridgehead atoms. The predicted octanol–water partition coefficient (Wildman–Crippen LogP) is 5.78. The molecule has 0 fully saturated rings. The van der Waals surface area contributed by atoms with Gasteiger partial charge in [0.15, 0.2) is 0 Å². The molecule has 0 amide bonds. The predicted molar refractivity (Wildman–Crippen MR) is 152 cm³/mol. The van der Waals surface area contributed by atoms with Gasteiger partial charge in [-0.25, -0.2) is 0 Å². The second kappa shape index (κ2) is 23.4. The Balaban J connectivity index is 3.85. The Morgan fingerprint density at radius 1 is 0.500 bits per heavy atom. The van der Waals surface area contributed by atoms with Gasteiger partial charge < -0.3 is 26.6 Å². The van der Waals surface area contributed by atoms with Crippen LogP contribution in [0.1, 0.15) is 54.4 Å². The molecule has 0 aromatic carbocycles. The molecule has 0 unspecified atom stereocenters. The monoisotopic (exact) mass is 594 g/mol. The molecule has 14 heteroatoms. The Morgan fingerprint density at radius 3 is 1.03 bits per heavy atom. The lowest BCUT2D eigenvalue weighted by molar-refractivity contribution is 0.0921. The molecular weight excluding hydrogens is 553 g/mol. The Hall–Kier alpha value is 2.03. The van der Waals surface area contributed by atoms with Crippen LogP contribution in [0.5, 0.6) is 0 Å². The van der Waals surface area contributed by atoms with Crippen LogP contribution in [0.3, 0.4) is 0 Å². The second-order valence-corrected chi connectivity index (χ2v) is 23.8. The zero-order chi connectivity index (χ0) is 24.0. The van der Waals surface area contributed by atoms with Gasteiger partial charge in [0, 0.05) is 51.1 Å². The van der Waals surface area contributed by atoms with Gasteiger partial charge in [-0.3, -0.25) is 0 Å². The summed E-state index contributed by atoms with van der Waals surface area (Å²) < 4.78 is 35.6. The maximum atomic E-state index is 5.93. The molecule has 0 N–H and O–H groups in total. The molecular formula is C18H42O6S4Si4. The van der Waals surface area contributed by atoms with E-state index in [9.17, 15) is 0 Å². The fraction of sp³-hybridized carbons (Fsp3) is 1.00. The maximum absolute atomic E-state index is 5.93. The third kappa shape index (κ3) is 16.7. The van der Waals surface area contributed by atoms with E-state index in [1.54, 1.807) is 0 Å². The van der Waals surface area contributed by atoms with Gasteiger partial charge in [-0.15, -0.1) is 0 Å². The van der Waals surface area contributed by atoms with Gasteiger partial charge in [-0.05, 0) is 74.0 Å². The molecule has 0 aliphatic heterocycles. The Bertz CT molecular complexity index is 352. The van der Waals surface area contributed by atoms with Crippen molar-refractivity contribution in [3.63, 3.8) is 0 Å². The molecule has 0 heterocycles. The van der Waals surface area contributed by atoms with Crippen molar-refractivity contribution >= 4 is 76.0 Å². The first-order valence-electron chi connectivity index (χ1n) is 11.5. The molecule has 32 heavy (non-hydrogen) atoms. The van der Waals surface area contributed by atoms with E-state index in [0.717, 1.165) is 23.6 Å².